The fourth-order valence-corrected chi connectivity index (χ4v) is 2.26. The highest BCUT2D eigenvalue weighted by molar-refractivity contribution is 5.42. The summed E-state index contributed by atoms with van der Waals surface area (Å²) in [4.78, 5) is 0. The molecule has 0 radical (unpaired) electrons. The summed E-state index contributed by atoms with van der Waals surface area (Å²) in [5.41, 5.74) is 6.29. The van der Waals surface area contributed by atoms with Crippen molar-refractivity contribution >= 4 is 0 Å². The number of rotatable bonds is 5. The summed E-state index contributed by atoms with van der Waals surface area (Å²) in [6, 6.07) is 4.65. The number of aliphatic hydroxyl groups excluding tert-OH is 4. The molecule has 1 heterocycles. The third-order valence-corrected chi connectivity index (χ3v) is 3.55. The lowest BCUT2D eigenvalue weighted by Crippen LogP contribution is -2.60. The summed E-state index contributed by atoms with van der Waals surface area (Å²) in [5.74, 6) is -0.118. The summed E-state index contributed by atoms with van der Waals surface area (Å²) in [6.07, 6.45) is -6.37. The number of hydrogen-bond donors (Lipinski definition) is 6. The van der Waals surface area contributed by atoms with Gasteiger partial charge >= 0.3 is 0 Å². The van der Waals surface area contributed by atoms with Crippen LogP contribution in [-0.2, 0) is 11.2 Å². The molecule has 0 saturated carbocycles. The van der Waals surface area contributed by atoms with Gasteiger partial charge in [0.15, 0.2) is 11.5 Å². The van der Waals surface area contributed by atoms with Crippen molar-refractivity contribution in [1.29, 1.82) is 0 Å². The quantitative estimate of drug-likeness (QED) is 0.368. The molecule has 7 N–H and O–H groups in total. The van der Waals surface area contributed by atoms with Gasteiger partial charge < -0.3 is 40.7 Å². The molecule has 0 spiro atoms. The Hall–Kier alpha value is -1.42. The Bertz CT molecular complexity index is 496. The van der Waals surface area contributed by atoms with E-state index < -0.39 is 37.3 Å². The second kappa shape index (κ2) is 7.23. The van der Waals surface area contributed by atoms with Crippen molar-refractivity contribution in [2.45, 2.75) is 37.1 Å². The van der Waals surface area contributed by atoms with Crippen LogP contribution < -0.4 is 10.5 Å². The normalized spacial score (nSPS) is 32.0. The van der Waals surface area contributed by atoms with Gasteiger partial charge in [0, 0.05) is 0 Å². The maximum absolute atomic E-state index is 9.90. The fourth-order valence-electron chi connectivity index (χ4n) is 2.26. The molecule has 0 aromatic heterocycles. The number of ether oxygens (including phenoxy) is 2. The number of nitrogens with two attached hydrogens (primary N) is 1. The predicted molar refractivity (Wildman–Crippen MR) is 75.3 cm³/mol. The van der Waals surface area contributed by atoms with Gasteiger partial charge in [-0.05, 0) is 30.7 Å². The van der Waals surface area contributed by atoms with Crippen molar-refractivity contribution in [3.8, 4) is 11.5 Å². The van der Waals surface area contributed by atoms with E-state index in [0.29, 0.717) is 13.0 Å². The zero-order valence-electron chi connectivity index (χ0n) is 11.9. The molecule has 124 valence electrons. The van der Waals surface area contributed by atoms with E-state index in [4.69, 9.17) is 20.3 Å². The van der Waals surface area contributed by atoms with Crippen LogP contribution in [-0.4, -0.2) is 69.4 Å². The third-order valence-electron chi connectivity index (χ3n) is 3.55. The van der Waals surface area contributed by atoms with Crippen LogP contribution in [0.4, 0.5) is 0 Å². The van der Waals surface area contributed by atoms with E-state index in [1.54, 1.807) is 12.1 Å². The molecule has 1 aromatic carbocycles. The monoisotopic (exact) mass is 315 g/mol. The van der Waals surface area contributed by atoms with E-state index in [1.165, 1.54) is 6.07 Å². The van der Waals surface area contributed by atoms with Gasteiger partial charge in [0.05, 0.1) is 6.61 Å². The van der Waals surface area contributed by atoms with E-state index >= 15 is 0 Å². The molecule has 22 heavy (non-hydrogen) atoms. The first-order valence-electron chi connectivity index (χ1n) is 6.97. The summed E-state index contributed by atoms with van der Waals surface area (Å²) < 4.78 is 10.6. The Balaban J connectivity index is 2.16. The highest BCUT2D eigenvalue weighted by Crippen LogP contribution is 2.31. The Morgan fingerprint density at radius 1 is 1.14 bits per heavy atom. The van der Waals surface area contributed by atoms with Crippen LogP contribution >= 0.6 is 0 Å². The summed E-state index contributed by atoms with van der Waals surface area (Å²) >= 11 is 0. The summed E-state index contributed by atoms with van der Waals surface area (Å²) in [5, 5.41) is 48.2. The van der Waals surface area contributed by atoms with E-state index in [-0.39, 0.29) is 11.5 Å². The molecular weight excluding hydrogens is 294 g/mol. The SMILES string of the molecule is NCCc1ccc(O)c(OC2OC(CO)C(O)C(O)C2O)c1. The van der Waals surface area contributed by atoms with Crippen LogP contribution in [0.3, 0.4) is 0 Å². The van der Waals surface area contributed by atoms with Gasteiger partial charge in [0.1, 0.15) is 24.4 Å². The Labute approximate surface area is 127 Å². The van der Waals surface area contributed by atoms with Gasteiger partial charge in [-0.15, -0.1) is 0 Å². The van der Waals surface area contributed by atoms with Gasteiger partial charge in [-0.1, -0.05) is 6.07 Å². The number of benzene rings is 1. The average molecular weight is 315 g/mol. The minimum atomic E-state index is -1.54. The van der Waals surface area contributed by atoms with Crippen LogP contribution in [0.25, 0.3) is 0 Å². The van der Waals surface area contributed by atoms with E-state index in [2.05, 4.69) is 0 Å². The van der Waals surface area contributed by atoms with Crippen LogP contribution in [0.5, 0.6) is 11.5 Å². The molecule has 1 aromatic rings. The van der Waals surface area contributed by atoms with Crippen molar-refractivity contribution in [3.05, 3.63) is 23.8 Å². The van der Waals surface area contributed by atoms with Crippen molar-refractivity contribution in [2.24, 2.45) is 5.73 Å². The number of aliphatic hydroxyl groups is 4. The molecule has 0 bridgehead atoms. The zero-order valence-corrected chi connectivity index (χ0v) is 11.9. The molecule has 1 saturated heterocycles. The first-order chi connectivity index (χ1) is 10.5. The second-order valence-corrected chi connectivity index (χ2v) is 5.16. The molecule has 0 aliphatic carbocycles. The lowest BCUT2D eigenvalue weighted by Gasteiger charge is -2.39. The molecule has 8 heteroatoms. The maximum atomic E-state index is 9.90. The number of aromatic hydroxyl groups is 1. The highest BCUT2D eigenvalue weighted by Gasteiger charge is 2.44. The molecule has 8 nitrogen and oxygen atoms in total. The van der Waals surface area contributed by atoms with E-state index in [1.807, 2.05) is 0 Å². The Morgan fingerprint density at radius 3 is 2.50 bits per heavy atom. The Kier molecular flexibility index (Phi) is 5.57. The van der Waals surface area contributed by atoms with Gasteiger partial charge in [0.25, 0.3) is 0 Å². The third kappa shape index (κ3) is 3.49. The molecule has 5 atom stereocenters. The van der Waals surface area contributed by atoms with E-state index in [9.17, 15) is 20.4 Å². The van der Waals surface area contributed by atoms with Crippen molar-refractivity contribution in [2.75, 3.05) is 13.2 Å². The van der Waals surface area contributed by atoms with Crippen LogP contribution in [0, 0.1) is 0 Å². The number of phenolic OH excluding ortho intramolecular Hbond substituents is 1. The molecule has 1 aliphatic rings. The molecule has 2 rings (SSSR count). The minimum Gasteiger partial charge on any atom is -0.504 e. The lowest BCUT2D eigenvalue weighted by molar-refractivity contribution is -0.277. The van der Waals surface area contributed by atoms with Crippen LogP contribution in [0.1, 0.15) is 5.56 Å². The smallest absolute Gasteiger partial charge is 0.229 e. The van der Waals surface area contributed by atoms with Gasteiger partial charge in [-0.3, -0.25) is 0 Å². The average Bonchev–Trinajstić information content (AvgIpc) is 2.51. The van der Waals surface area contributed by atoms with E-state index in [0.717, 1.165) is 5.56 Å². The molecule has 1 fully saturated rings. The molecule has 1 aliphatic heterocycles. The van der Waals surface area contributed by atoms with Gasteiger partial charge in [0.2, 0.25) is 6.29 Å². The standard InChI is InChI=1S/C14H21NO7/c15-4-3-7-1-2-8(17)9(5-7)21-14-13(20)12(19)11(18)10(6-16)22-14/h1-2,5,10-14,16-20H,3-4,6,15H2. The Morgan fingerprint density at radius 2 is 1.86 bits per heavy atom. The first-order valence-corrected chi connectivity index (χ1v) is 6.97. The summed E-state index contributed by atoms with van der Waals surface area (Å²) in [7, 11) is 0. The molecule has 5 unspecified atom stereocenters. The van der Waals surface area contributed by atoms with Crippen LogP contribution in [0.2, 0.25) is 0 Å². The second-order valence-electron chi connectivity index (χ2n) is 5.16. The molecule has 0 amide bonds. The highest BCUT2D eigenvalue weighted by atomic mass is 16.7. The predicted octanol–water partition coefficient (Wildman–Crippen LogP) is -1.93. The molecular formula is C14H21NO7. The topological polar surface area (TPSA) is 146 Å². The largest absolute Gasteiger partial charge is 0.504 e. The van der Waals surface area contributed by atoms with Crippen molar-refractivity contribution in [1.82, 2.24) is 0 Å². The zero-order chi connectivity index (χ0) is 16.3. The van der Waals surface area contributed by atoms with Gasteiger partial charge in [-0.25, -0.2) is 0 Å². The summed E-state index contributed by atoms with van der Waals surface area (Å²) in [6.45, 7) is -0.131. The number of hydrogen-bond acceptors (Lipinski definition) is 8. The van der Waals surface area contributed by atoms with Crippen molar-refractivity contribution in [3.63, 3.8) is 0 Å². The fraction of sp³-hybridized carbons (Fsp3) is 0.571. The van der Waals surface area contributed by atoms with Crippen LogP contribution in [0.15, 0.2) is 18.2 Å². The maximum Gasteiger partial charge on any atom is 0.229 e. The number of phenols is 1. The lowest BCUT2D eigenvalue weighted by atomic mass is 9.99. The van der Waals surface area contributed by atoms with Crippen molar-refractivity contribution < 1.29 is 35.0 Å². The van der Waals surface area contributed by atoms with Gasteiger partial charge in [-0.2, -0.15) is 0 Å². The minimum absolute atomic E-state index is 0.0512. The first kappa shape index (κ1) is 16.9.